The number of aryl methyl sites for hydroxylation is 1. The number of amides is 3. The zero-order valence-electron chi connectivity index (χ0n) is 16.9. The maximum absolute atomic E-state index is 12.9. The van der Waals surface area contributed by atoms with E-state index in [2.05, 4.69) is 10.3 Å². The van der Waals surface area contributed by atoms with E-state index in [1.165, 1.54) is 9.30 Å². The smallest absolute Gasteiger partial charge is 0.335 e. The lowest BCUT2D eigenvalue weighted by molar-refractivity contribution is -0.186. The van der Waals surface area contributed by atoms with E-state index in [9.17, 15) is 27.6 Å². The number of carbonyl (C=O) groups is 2. The van der Waals surface area contributed by atoms with Crippen LogP contribution in [0.4, 0.5) is 18.0 Å². The number of carbonyl (C=O) groups excluding carboxylic acids is 2. The van der Waals surface area contributed by atoms with Crippen molar-refractivity contribution in [1.82, 2.24) is 24.5 Å². The highest BCUT2D eigenvalue weighted by Gasteiger charge is 2.43. The van der Waals surface area contributed by atoms with E-state index >= 15 is 0 Å². The average Bonchev–Trinajstić information content (AvgIpc) is 2.74. The highest BCUT2D eigenvalue weighted by molar-refractivity contribution is 5.82. The van der Waals surface area contributed by atoms with Crippen LogP contribution in [0.1, 0.15) is 29.7 Å². The Morgan fingerprint density at radius 3 is 2.55 bits per heavy atom. The summed E-state index contributed by atoms with van der Waals surface area (Å²) in [5.41, 5.74) is 2.43. The molecule has 2 aliphatic rings. The van der Waals surface area contributed by atoms with Crippen molar-refractivity contribution in [2.45, 2.75) is 44.9 Å². The van der Waals surface area contributed by atoms with Crippen LogP contribution in [-0.4, -0.2) is 63.0 Å². The van der Waals surface area contributed by atoms with Gasteiger partial charge in [0.25, 0.3) is 5.56 Å². The van der Waals surface area contributed by atoms with E-state index in [1.54, 1.807) is 12.3 Å². The molecule has 2 aliphatic heterocycles. The first-order chi connectivity index (χ1) is 14.6. The molecule has 11 heteroatoms. The molecule has 8 nitrogen and oxygen atoms in total. The number of halogens is 3. The number of piperidine rings is 1. The molecule has 0 unspecified atom stereocenters. The minimum atomic E-state index is -4.89. The number of urea groups is 1. The molecule has 4 rings (SSSR count). The highest BCUT2D eigenvalue weighted by Crippen LogP contribution is 2.22. The maximum atomic E-state index is 12.9. The number of nitrogens with zero attached hydrogens (tertiary/aromatic N) is 4. The number of hydrogen-bond donors (Lipinski definition) is 1. The van der Waals surface area contributed by atoms with Crippen molar-refractivity contribution in [3.8, 4) is 0 Å². The number of aromatic nitrogens is 2. The molecular formula is C20H22F3N5O3. The summed E-state index contributed by atoms with van der Waals surface area (Å²) >= 11 is 0. The van der Waals surface area contributed by atoms with Gasteiger partial charge in [-0.15, -0.1) is 0 Å². The molecule has 166 valence electrons. The summed E-state index contributed by atoms with van der Waals surface area (Å²) in [4.78, 5) is 43.8. The molecule has 0 aromatic carbocycles. The Hall–Kier alpha value is -3.11. The fraction of sp³-hybridized carbons (Fsp3) is 0.500. The second-order valence-corrected chi connectivity index (χ2v) is 7.91. The van der Waals surface area contributed by atoms with Gasteiger partial charge in [-0.05, 0) is 31.4 Å². The van der Waals surface area contributed by atoms with Gasteiger partial charge in [-0.3, -0.25) is 14.0 Å². The van der Waals surface area contributed by atoms with Gasteiger partial charge in [0, 0.05) is 38.3 Å². The van der Waals surface area contributed by atoms with Gasteiger partial charge in [0.05, 0.1) is 17.8 Å². The summed E-state index contributed by atoms with van der Waals surface area (Å²) in [5, 5.41) is 2.82. The van der Waals surface area contributed by atoms with Crippen LogP contribution in [0.15, 0.2) is 23.1 Å². The van der Waals surface area contributed by atoms with E-state index < -0.39 is 12.1 Å². The van der Waals surface area contributed by atoms with Crippen LogP contribution in [0.3, 0.4) is 0 Å². The molecule has 1 fully saturated rings. The van der Waals surface area contributed by atoms with Crippen molar-refractivity contribution in [1.29, 1.82) is 0 Å². The Kier molecular flexibility index (Phi) is 5.36. The van der Waals surface area contributed by atoms with Gasteiger partial charge in [0.1, 0.15) is 5.65 Å². The molecule has 0 bridgehead atoms. The molecule has 0 aliphatic carbocycles. The molecule has 2 aromatic rings. The highest BCUT2D eigenvalue weighted by atomic mass is 19.4. The Morgan fingerprint density at radius 2 is 1.87 bits per heavy atom. The fourth-order valence-electron chi connectivity index (χ4n) is 4.10. The maximum Gasteiger partial charge on any atom is 0.471 e. The van der Waals surface area contributed by atoms with Crippen molar-refractivity contribution < 1.29 is 22.8 Å². The lowest BCUT2D eigenvalue weighted by Crippen LogP contribution is -2.53. The lowest BCUT2D eigenvalue weighted by Gasteiger charge is -2.35. The summed E-state index contributed by atoms with van der Waals surface area (Å²) < 4.78 is 39.1. The van der Waals surface area contributed by atoms with E-state index in [4.69, 9.17) is 0 Å². The molecule has 4 heterocycles. The second kappa shape index (κ2) is 7.86. The number of hydrogen-bond acceptors (Lipinski definition) is 4. The predicted octanol–water partition coefficient (Wildman–Crippen LogP) is 1.62. The first kappa shape index (κ1) is 21.1. The normalized spacial score (nSPS) is 17.5. The summed E-state index contributed by atoms with van der Waals surface area (Å²) in [6.07, 6.45) is -2.31. The number of rotatable bonds is 1. The van der Waals surface area contributed by atoms with Gasteiger partial charge in [-0.2, -0.15) is 13.2 Å². The number of likely N-dealkylation sites (tertiary alicyclic amines) is 1. The molecule has 1 saturated heterocycles. The Bertz CT molecular complexity index is 1090. The van der Waals surface area contributed by atoms with Crippen molar-refractivity contribution in [2.24, 2.45) is 0 Å². The molecule has 0 atom stereocenters. The summed E-state index contributed by atoms with van der Waals surface area (Å²) in [6, 6.07) is 2.94. The second-order valence-electron chi connectivity index (χ2n) is 7.91. The van der Waals surface area contributed by atoms with Gasteiger partial charge < -0.3 is 15.1 Å². The van der Waals surface area contributed by atoms with Crippen LogP contribution in [0.2, 0.25) is 0 Å². The Morgan fingerprint density at radius 1 is 1.16 bits per heavy atom. The standard InChI is InChI=1S/C20H22F3N5O3/c1-12-3-2-7-28-16(12)25-15-6-10-27(11-14(15)17(28)29)19(31)24-13-4-8-26(9-5-13)18(30)20(21,22)23/h2-3,7,13H,4-6,8-11H2,1H3,(H,24,31). The van der Waals surface area contributed by atoms with Crippen LogP contribution in [0.25, 0.3) is 5.65 Å². The molecule has 0 radical (unpaired) electrons. The zero-order valence-corrected chi connectivity index (χ0v) is 16.9. The molecule has 2 aromatic heterocycles. The van der Waals surface area contributed by atoms with Gasteiger partial charge in [-0.25, -0.2) is 9.78 Å². The number of fused-ring (bicyclic) bond motifs is 2. The summed E-state index contributed by atoms with van der Waals surface area (Å²) in [5.74, 6) is -1.85. The minimum absolute atomic E-state index is 0.0667. The van der Waals surface area contributed by atoms with Crippen molar-refractivity contribution in [2.75, 3.05) is 19.6 Å². The zero-order chi connectivity index (χ0) is 22.3. The van der Waals surface area contributed by atoms with Crippen LogP contribution in [0, 0.1) is 6.92 Å². The molecule has 0 saturated carbocycles. The van der Waals surface area contributed by atoms with Gasteiger partial charge in [-0.1, -0.05) is 6.07 Å². The monoisotopic (exact) mass is 437 g/mol. The Balaban J connectivity index is 1.41. The number of nitrogens with one attached hydrogen (secondary N) is 1. The van der Waals surface area contributed by atoms with Crippen molar-refractivity contribution >= 4 is 17.6 Å². The first-order valence-electron chi connectivity index (χ1n) is 10.1. The summed E-state index contributed by atoms with van der Waals surface area (Å²) in [7, 11) is 0. The van der Waals surface area contributed by atoms with E-state index in [1.807, 2.05) is 13.0 Å². The van der Waals surface area contributed by atoms with Crippen LogP contribution in [0.5, 0.6) is 0 Å². The van der Waals surface area contributed by atoms with E-state index in [-0.39, 0.29) is 50.1 Å². The van der Waals surface area contributed by atoms with Crippen LogP contribution in [-0.2, 0) is 17.8 Å². The average molecular weight is 437 g/mol. The summed E-state index contributed by atoms with van der Waals surface area (Å²) in [6.45, 7) is 2.25. The number of pyridine rings is 1. The largest absolute Gasteiger partial charge is 0.471 e. The van der Waals surface area contributed by atoms with Crippen molar-refractivity contribution in [3.63, 3.8) is 0 Å². The number of alkyl halides is 3. The van der Waals surface area contributed by atoms with Gasteiger partial charge >= 0.3 is 18.1 Å². The van der Waals surface area contributed by atoms with Crippen LogP contribution >= 0.6 is 0 Å². The topological polar surface area (TPSA) is 87.0 Å². The third-order valence-electron chi connectivity index (χ3n) is 5.84. The SMILES string of the molecule is Cc1cccn2c(=O)c3c(nc12)CCN(C(=O)NC1CCN(C(=O)C(F)(F)F)CC1)C3. The third kappa shape index (κ3) is 4.08. The lowest BCUT2D eigenvalue weighted by atomic mass is 10.0. The Labute approximate surface area is 175 Å². The third-order valence-corrected chi connectivity index (χ3v) is 5.84. The molecule has 31 heavy (non-hydrogen) atoms. The van der Waals surface area contributed by atoms with Gasteiger partial charge in [0.15, 0.2) is 0 Å². The minimum Gasteiger partial charge on any atom is -0.335 e. The molecule has 3 amide bonds. The first-order valence-corrected chi connectivity index (χ1v) is 10.1. The quantitative estimate of drug-likeness (QED) is 0.735. The van der Waals surface area contributed by atoms with Gasteiger partial charge in [0.2, 0.25) is 0 Å². The van der Waals surface area contributed by atoms with E-state index in [0.29, 0.717) is 29.9 Å². The van der Waals surface area contributed by atoms with Crippen molar-refractivity contribution in [3.05, 3.63) is 45.5 Å². The molecular weight excluding hydrogens is 415 g/mol. The fourth-order valence-corrected chi connectivity index (χ4v) is 4.10. The van der Waals surface area contributed by atoms with Crippen LogP contribution < -0.4 is 10.9 Å². The van der Waals surface area contributed by atoms with E-state index in [0.717, 1.165) is 10.5 Å². The molecule has 1 N–H and O–H groups in total. The predicted molar refractivity (Wildman–Crippen MR) is 105 cm³/mol. The molecule has 0 spiro atoms.